The number of amides is 1. The molecule has 1 aromatic rings. The number of nitrogens with zero attached hydrogens (tertiary/aromatic N) is 2. The second kappa shape index (κ2) is 6.35. The molecule has 0 aromatic carbocycles. The van der Waals surface area contributed by atoms with Gasteiger partial charge < -0.3 is 15.3 Å². The van der Waals surface area contributed by atoms with Crippen molar-refractivity contribution in [3.05, 3.63) is 23.9 Å². The average molecular weight is 251 g/mol. The first kappa shape index (κ1) is 14.4. The molecule has 2 atom stereocenters. The zero-order valence-corrected chi connectivity index (χ0v) is 11.3. The molecule has 1 aromatic heterocycles. The molecule has 0 aliphatic heterocycles. The maximum absolute atomic E-state index is 11.4. The Morgan fingerprint density at radius 1 is 1.50 bits per heavy atom. The summed E-state index contributed by atoms with van der Waals surface area (Å²) in [5.41, 5.74) is 0.784. The second-order valence-corrected chi connectivity index (χ2v) is 4.52. The lowest BCUT2D eigenvalue weighted by Crippen LogP contribution is -2.34. The van der Waals surface area contributed by atoms with Crippen molar-refractivity contribution in [1.29, 1.82) is 0 Å². The van der Waals surface area contributed by atoms with Crippen LogP contribution in [0.4, 0.5) is 5.82 Å². The topological polar surface area (TPSA) is 65.5 Å². The van der Waals surface area contributed by atoms with Gasteiger partial charge in [0.1, 0.15) is 5.82 Å². The highest BCUT2D eigenvalue weighted by atomic mass is 16.3. The average Bonchev–Trinajstić information content (AvgIpc) is 2.37. The van der Waals surface area contributed by atoms with Gasteiger partial charge in [0.2, 0.25) is 5.91 Å². The van der Waals surface area contributed by atoms with Gasteiger partial charge in [-0.2, -0.15) is 0 Å². The van der Waals surface area contributed by atoms with Crippen LogP contribution in [0.5, 0.6) is 0 Å². The normalized spacial score (nSPS) is 13.8. The minimum absolute atomic E-state index is 0.0162. The fraction of sp³-hybridized carbons (Fsp3) is 0.538. The highest BCUT2D eigenvalue weighted by Crippen LogP contribution is 2.15. The number of pyridine rings is 1. The van der Waals surface area contributed by atoms with E-state index < -0.39 is 6.10 Å². The van der Waals surface area contributed by atoms with Gasteiger partial charge in [-0.15, -0.1) is 0 Å². The Hall–Kier alpha value is -1.62. The molecule has 5 heteroatoms. The first-order valence-corrected chi connectivity index (χ1v) is 6.02. The van der Waals surface area contributed by atoms with Gasteiger partial charge in [-0.1, -0.05) is 13.0 Å². The molecule has 5 nitrogen and oxygen atoms in total. The molecule has 0 aliphatic rings. The summed E-state index contributed by atoms with van der Waals surface area (Å²) in [6, 6.07) is 3.69. The van der Waals surface area contributed by atoms with Gasteiger partial charge in [-0.3, -0.25) is 4.79 Å². The molecule has 1 unspecified atom stereocenters. The molecule has 0 saturated carbocycles. The monoisotopic (exact) mass is 251 g/mol. The van der Waals surface area contributed by atoms with Crippen molar-refractivity contribution >= 4 is 11.7 Å². The second-order valence-electron chi connectivity index (χ2n) is 4.52. The number of hydrogen-bond donors (Lipinski definition) is 2. The number of aliphatic hydroxyl groups is 1. The van der Waals surface area contributed by atoms with Crippen LogP contribution in [0.25, 0.3) is 0 Å². The SMILES string of the molecule is CNC(=O)C(C)CN(C)c1ccc([C@@H](C)O)cn1. The summed E-state index contributed by atoms with van der Waals surface area (Å²) in [5.74, 6) is 0.704. The highest BCUT2D eigenvalue weighted by molar-refractivity contribution is 5.78. The van der Waals surface area contributed by atoms with E-state index in [-0.39, 0.29) is 11.8 Å². The molecule has 0 radical (unpaired) electrons. The molecule has 100 valence electrons. The largest absolute Gasteiger partial charge is 0.389 e. The number of aliphatic hydroxyl groups excluding tert-OH is 1. The van der Waals surface area contributed by atoms with Crippen molar-refractivity contribution in [3.63, 3.8) is 0 Å². The lowest BCUT2D eigenvalue weighted by molar-refractivity contribution is -0.123. The van der Waals surface area contributed by atoms with Crippen molar-refractivity contribution in [3.8, 4) is 0 Å². The van der Waals surface area contributed by atoms with Crippen molar-refractivity contribution in [2.75, 3.05) is 25.5 Å². The van der Waals surface area contributed by atoms with Crippen molar-refractivity contribution in [1.82, 2.24) is 10.3 Å². The van der Waals surface area contributed by atoms with E-state index in [9.17, 15) is 9.90 Å². The van der Waals surface area contributed by atoms with Gasteiger partial charge in [0.15, 0.2) is 0 Å². The molecule has 1 amide bonds. The van der Waals surface area contributed by atoms with Crippen LogP contribution in [-0.4, -0.2) is 36.6 Å². The summed E-state index contributed by atoms with van der Waals surface area (Å²) in [4.78, 5) is 17.6. The zero-order chi connectivity index (χ0) is 13.7. The van der Waals surface area contributed by atoms with E-state index in [2.05, 4.69) is 10.3 Å². The minimum atomic E-state index is -0.512. The van der Waals surface area contributed by atoms with Crippen LogP contribution >= 0.6 is 0 Å². The fourth-order valence-corrected chi connectivity index (χ4v) is 1.70. The Balaban J connectivity index is 2.67. The van der Waals surface area contributed by atoms with Gasteiger partial charge in [-0.05, 0) is 18.6 Å². The molecule has 0 saturated heterocycles. The van der Waals surface area contributed by atoms with Crippen LogP contribution in [-0.2, 0) is 4.79 Å². The lowest BCUT2D eigenvalue weighted by Gasteiger charge is -2.21. The van der Waals surface area contributed by atoms with E-state index in [1.807, 2.05) is 31.0 Å². The molecule has 0 aliphatic carbocycles. The smallest absolute Gasteiger partial charge is 0.224 e. The van der Waals surface area contributed by atoms with E-state index >= 15 is 0 Å². The minimum Gasteiger partial charge on any atom is -0.389 e. The fourth-order valence-electron chi connectivity index (χ4n) is 1.70. The van der Waals surface area contributed by atoms with Crippen LogP contribution in [0.1, 0.15) is 25.5 Å². The van der Waals surface area contributed by atoms with E-state index in [0.29, 0.717) is 6.54 Å². The molecule has 1 heterocycles. The Labute approximate surface area is 108 Å². The summed E-state index contributed by atoms with van der Waals surface area (Å²) in [5, 5.41) is 12.0. The molecular formula is C13H21N3O2. The predicted octanol–water partition coefficient (Wildman–Crippen LogP) is 0.953. The van der Waals surface area contributed by atoms with Crippen LogP contribution < -0.4 is 10.2 Å². The van der Waals surface area contributed by atoms with E-state index in [0.717, 1.165) is 11.4 Å². The third kappa shape index (κ3) is 3.70. The van der Waals surface area contributed by atoms with E-state index in [1.54, 1.807) is 20.2 Å². The first-order chi connectivity index (χ1) is 8.45. The quantitative estimate of drug-likeness (QED) is 0.818. The lowest BCUT2D eigenvalue weighted by atomic mass is 10.1. The highest BCUT2D eigenvalue weighted by Gasteiger charge is 2.14. The van der Waals surface area contributed by atoms with Crippen LogP contribution in [0.15, 0.2) is 18.3 Å². The number of aromatic nitrogens is 1. The number of anilines is 1. The maximum atomic E-state index is 11.4. The summed E-state index contributed by atoms with van der Waals surface area (Å²) in [7, 11) is 3.53. The summed E-state index contributed by atoms with van der Waals surface area (Å²) in [6.07, 6.45) is 1.14. The van der Waals surface area contributed by atoms with Crippen LogP contribution in [0.2, 0.25) is 0 Å². The van der Waals surface area contributed by atoms with Crippen molar-refractivity contribution in [2.45, 2.75) is 20.0 Å². The Morgan fingerprint density at radius 2 is 2.17 bits per heavy atom. The summed E-state index contributed by atoms with van der Waals surface area (Å²) >= 11 is 0. The van der Waals surface area contributed by atoms with E-state index in [4.69, 9.17) is 0 Å². The number of carbonyl (C=O) groups is 1. The predicted molar refractivity (Wildman–Crippen MR) is 71.4 cm³/mol. The number of carbonyl (C=O) groups excluding carboxylic acids is 1. The number of nitrogens with one attached hydrogen (secondary N) is 1. The van der Waals surface area contributed by atoms with Gasteiger partial charge in [0.25, 0.3) is 0 Å². The summed E-state index contributed by atoms with van der Waals surface area (Å²) in [6.45, 7) is 4.17. The standard InChI is InChI=1S/C13H21N3O2/c1-9(13(18)14-3)8-16(4)12-6-5-11(7-15-12)10(2)17/h5-7,9-10,17H,8H2,1-4H3,(H,14,18)/t9?,10-/m1/s1. The van der Waals surface area contributed by atoms with Crippen molar-refractivity contribution in [2.24, 2.45) is 5.92 Å². The van der Waals surface area contributed by atoms with Gasteiger partial charge in [0.05, 0.1) is 12.0 Å². The molecule has 0 bridgehead atoms. The van der Waals surface area contributed by atoms with Gasteiger partial charge in [-0.25, -0.2) is 4.98 Å². The maximum Gasteiger partial charge on any atom is 0.224 e. The molecule has 0 fully saturated rings. The zero-order valence-electron chi connectivity index (χ0n) is 11.3. The third-order valence-corrected chi connectivity index (χ3v) is 2.89. The Kier molecular flexibility index (Phi) is 5.09. The molecule has 1 rings (SSSR count). The third-order valence-electron chi connectivity index (χ3n) is 2.89. The molecular weight excluding hydrogens is 230 g/mol. The van der Waals surface area contributed by atoms with Crippen LogP contribution in [0.3, 0.4) is 0 Å². The first-order valence-electron chi connectivity index (χ1n) is 6.02. The van der Waals surface area contributed by atoms with E-state index in [1.165, 1.54) is 0 Å². The van der Waals surface area contributed by atoms with Crippen LogP contribution in [0, 0.1) is 5.92 Å². The Bertz CT molecular complexity index is 390. The number of rotatable bonds is 5. The molecule has 0 spiro atoms. The summed E-state index contributed by atoms with van der Waals surface area (Å²) < 4.78 is 0. The van der Waals surface area contributed by atoms with Gasteiger partial charge >= 0.3 is 0 Å². The van der Waals surface area contributed by atoms with Gasteiger partial charge in [0, 0.05) is 26.8 Å². The molecule has 2 N–H and O–H groups in total. The Morgan fingerprint density at radius 3 is 2.61 bits per heavy atom. The molecule has 18 heavy (non-hydrogen) atoms. The van der Waals surface area contributed by atoms with Crippen molar-refractivity contribution < 1.29 is 9.90 Å². The number of hydrogen-bond acceptors (Lipinski definition) is 4.